The average molecular weight is 656 g/mol. The van der Waals surface area contributed by atoms with Crippen LogP contribution in [0.1, 0.15) is 68.5 Å². The van der Waals surface area contributed by atoms with E-state index in [1.165, 1.54) is 16.4 Å². The van der Waals surface area contributed by atoms with Crippen molar-refractivity contribution in [2.45, 2.75) is 68.7 Å². The molecule has 1 heterocycles. The van der Waals surface area contributed by atoms with Gasteiger partial charge in [0, 0.05) is 16.0 Å². The Hall–Kier alpha value is -2.87. The molecule has 0 unspecified atom stereocenters. The summed E-state index contributed by atoms with van der Waals surface area (Å²) in [5, 5.41) is 0.640. The lowest BCUT2D eigenvalue weighted by molar-refractivity contribution is -0.154. The number of sulfonamides is 1. The van der Waals surface area contributed by atoms with Crippen molar-refractivity contribution < 1.29 is 17.6 Å². The van der Waals surface area contributed by atoms with E-state index in [1.54, 1.807) is 18.2 Å². The van der Waals surface area contributed by atoms with Crippen LogP contribution in [0.4, 0.5) is 10.1 Å². The van der Waals surface area contributed by atoms with E-state index >= 15 is 4.39 Å². The van der Waals surface area contributed by atoms with Gasteiger partial charge < -0.3 is 4.90 Å². The lowest BCUT2D eigenvalue weighted by Gasteiger charge is -2.53. The molecular formula is C35H37Cl2FN2O3S. The zero-order chi connectivity index (χ0) is 31.2. The van der Waals surface area contributed by atoms with Crippen molar-refractivity contribution in [1.29, 1.82) is 0 Å². The van der Waals surface area contributed by atoms with Crippen LogP contribution >= 0.6 is 23.2 Å². The molecule has 0 bridgehead atoms. The normalized spacial score (nSPS) is 24.6. The molecule has 2 saturated carbocycles. The third-order valence-corrected chi connectivity index (χ3v) is 12.2. The van der Waals surface area contributed by atoms with Gasteiger partial charge in [0.25, 0.3) is 0 Å². The number of carbonyl (C=O) groups excluding carboxylic acids is 1. The zero-order valence-corrected chi connectivity index (χ0v) is 27.0. The van der Waals surface area contributed by atoms with E-state index in [9.17, 15) is 13.2 Å². The molecule has 5 nitrogen and oxygen atoms in total. The van der Waals surface area contributed by atoms with Gasteiger partial charge in [-0.05, 0) is 92.0 Å². The molecule has 1 amide bonds. The number of allylic oxidation sites excluding steroid dienone is 1. The second-order valence-corrected chi connectivity index (χ2v) is 15.8. The number of amides is 1. The van der Waals surface area contributed by atoms with Crippen LogP contribution in [0, 0.1) is 17.2 Å². The minimum absolute atomic E-state index is 0.0211. The van der Waals surface area contributed by atoms with Gasteiger partial charge in [-0.3, -0.25) is 9.10 Å². The Morgan fingerprint density at radius 2 is 1.70 bits per heavy atom. The van der Waals surface area contributed by atoms with Crippen molar-refractivity contribution in [2.75, 3.05) is 10.8 Å². The summed E-state index contributed by atoms with van der Waals surface area (Å²) in [5.41, 5.74) is 1.14. The van der Waals surface area contributed by atoms with Crippen LogP contribution in [-0.2, 0) is 14.8 Å². The molecule has 0 spiro atoms. The molecular weight excluding hydrogens is 618 g/mol. The Labute approximate surface area is 269 Å². The van der Waals surface area contributed by atoms with E-state index in [0.29, 0.717) is 35.7 Å². The predicted octanol–water partition coefficient (Wildman–Crippen LogP) is 8.55. The molecule has 0 N–H and O–H groups in total. The van der Waals surface area contributed by atoms with Crippen molar-refractivity contribution in [2.24, 2.45) is 11.3 Å². The third-order valence-electron chi connectivity index (χ3n) is 9.44. The van der Waals surface area contributed by atoms with Crippen LogP contribution in [0.3, 0.4) is 0 Å². The number of likely N-dealkylation sites (tertiary alicyclic amines) is 1. The van der Waals surface area contributed by atoms with Crippen molar-refractivity contribution in [3.8, 4) is 0 Å². The Morgan fingerprint density at radius 1 is 1.00 bits per heavy atom. The topological polar surface area (TPSA) is 57.7 Å². The first-order valence-corrected chi connectivity index (χ1v) is 17.5. The SMILES string of the molecule is C=CC[C@@]1(C)C[C@H](c2cccc(Cl)c2)[C@@H](c2ccc(Cl)cc2)N([C@H](CN(c2ccccc2F)S(=O)(=O)C2CC2)C2CC2)C1=O. The van der Waals surface area contributed by atoms with Gasteiger partial charge in [-0.15, -0.1) is 6.58 Å². The van der Waals surface area contributed by atoms with Crippen LogP contribution in [0.25, 0.3) is 0 Å². The highest BCUT2D eigenvalue weighted by atomic mass is 35.5. The molecule has 1 saturated heterocycles. The van der Waals surface area contributed by atoms with Crippen molar-refractivity contribution in [1.82, 2.24) is 4.90 Å². The van der Waals surface area contributed by atoms with E-state index in [0.717, 1.165) is 24.0 Å². The monoisotopic (exact) mass is 654 g/mol. The third kappa shape index (κ3) is 6.03. The van der Waals surface area contributed by atoms with Crippen LogP contribution < -0.4 is 4.31 Å². The Balaban J connectivity index is 1.53. The number of nitrogens with zero attached hydrogens (tertiary/aromatic N) is 2. The summed E-state index contributed by atoms with van der Waals surface area (Å²) in [6, 6.07) is 20.4. The number of rotatable bonds is 11. The molecule has 9 heteroatoms. The van der Waals surface area contributed by atoms with Crippen molar-refractivity contribution >= 4 is 44.8 Å². The maximum absolute atomic E-state index is 15.3. The van der Waals surface area contributed by atoms with Gasteiger partial charge in [-0.2, -0.15) is 0 Å². The first kappa shape index (κ1) is 31.1. The number of piperidine rings is 1. The Kier molecular flexibility index (Phi) is 8.59. The molecule has 44 heavy (non-hydrogen) atoms. The van der Waals surface area contributed by atoms with Gasteiger partial charge in [-0.1, -0.05) is 72.6 Å². The number of anilines is 1. The average Bonchev–Trinajstić information content (AvgIpc) is 3.90. The molecule has 4 atom stereocenters. The molecule has 0 radical (unpaired) electrons. The summed E-state index contributed by atoms with van der Waals surface area (Å²) in [7, 11) is -3.85. The molecule has 6 rings (SSSR count). The summed E-state index contributed by atoms with van der Waals surface area (Å²) < 4.78 is 44.5. The number of hydrogen-bond donors (Lipinski definition) is 0. The summed E-state index contributed by atoms with van der Waals surface area (Å²) in [5.74, 6) is -0.729. The fourth-order valence-corrected chi connectivity index (χ4v) is 9.11. The highest BCUT2D eigenvalue weighted by molar-refractivity contribution is 7.93. The fraction of sp³-hybridized carbons (Fsp3) is 0.400. The highest BCUT2D eigenvalue weighted by Gasteiger charge is 2.54. The van der Waals surface area contributed by atoms with Crippen LogP contribution in [-0.4, -0.2) is 37.1 Å². The lowest BCUT2D eigenvalue weighted by atomic mass is 9.67. The fourth-order valence-electron chi connectivity index (χ4n) is 6.91. The van der Waals surface area contributed by atoms with Gasteiger partial charge in [0.2, 0.25) is 15.9 Å². The lowest BCUT2D eigenvalue weighted by Crippen LogP contribution is -2.59. The molecule has 3 fully saturated rings. The van der Waals surface area contributed by atoms with Gasteiger partial charge in [0.05, 0.1) is 35.0 Å². The summed E-state index contributed by atoms with van der Waals surface area (Å²) in [6.45, 7) is 5.92. The van der Waals surface area contributed by atoms with Crippen LogP contribution in [0.5, 0.6) is 0 Å². The molecule has 0 aromatic heterocycles. The molecule has 1 aliphatic heterocycles. The molecule has 2 aliphatic carbocycles. The largest absolute Gasteiger partial charge is 0.329 e. The standard InChI is InChI=1S/C35H37Cl2FN2O3S/c1-3-19-35(2)21-29(25-7-6-8-27(37)20-25)33(24-13-15-26(36)16-14-24)40(34(35)41)32(23-11-12-23)22-39(44(42,43)28-17-18-28)31-10-5-4-9-30(31)38/h3-10,13-16,20,23,28-29,32-33H,1,11-12,17-19,21-22H2,2H3/t29-,32-,33-,35+/m1/s1. The van der Waals surface area contributed by atoms with Gasteiger partial charge in [0.1, 0.15) is 5.82 Å². The van der Waals surface area contributed by atoms with Crippen LogP contribution in [0.15, 0.2) is 85.5 Å². The smallest absolute Gasteiger partial charge is 0.238 e. The van der Waals surface area contributed by atoms with Crippen LogP contribution in [0.2, 0.25) is 10.0 Å². The maximum atomic E-state index is 15.3. The first-order valence-electron chi connectivity index (χ1n) is 15.2. The summed E-state index contributed by atoms with van der Waals surface area (Å²) in [4.78, 5) is 16.8. The molecule has 3 aromatic rings. The maximum Gasteiger partial charge on any atom is 0.238 e. The first-order chi connectivity index (χ1) is 21.0. The van der Waals surface area contributed by atoms with E-state index in [1.807, 2.05) is 60.4 Å². The van der Waals surface area contributed by atoms with E-state index in [2.05, 4.69) is 6.58 Å². The number of carbonyl (C=O) groups is 1. The number of halogens is 3. The van der Waals surface area contributed by atoms with E-state index in [-0.39, 0.29) is 30.0 Å². The predicted molar refractivity (Wildman–Crippen MR) is 175 cm³/mol. The Morgan fingerprint density at radius 3 is 2.32 bits per heavy atom. The van der Waals surface area contributed by atoms with Gasteiger partial charge >= 0.3 is 0 Å². The van der Waals surface area contributed by atoms with E-state index < -0.39 is 38.6 Å². The minimum atomic E-state index is -3.85. The molecule has 3 aliphatic rings. The van der Waals surface area contributed by atoms with Crippen molar-refractivity contribution in [3.05, 3.63) is 112 Å². The number of benzene rings is 3. The van der Waals surface area contributed by atoms with Gasteiger partial charge in [0.15, 0.2) is 0 Å². The summed E-state index contributed by atoms with van der Waals surface area (Å²) >= 11 is 12.8. The van der Waals surface area contributed by atoms with E-state index in [4.69, 9.17) is 23.2 Å². The zero-order valence-electron chi connectivity index (χ0n) is 24.7. The number of para-hydroxylation sites is 1. The second-order valence-electron chi connectivity index (χ2n) is 12.8. The van der Waals surface area contributed by atoms with Gasteiger partial charge in [-0.25, -0.2) is 12.8 Å². The molecule has 3 aromatic carbocycles. The second kappa shape index (κ2) is 12.1. The Bertz CT molecular complexity index is 1660. The quantitative estimate of drug-likeness (QED) is 0.195. The summed E-state index contributed by atoms with van der Waals surface area (Å²) in [6.07, 6.45) is 5.60. The minimum Gasteiger partial charge on any atom is -0.329 e. The molecule has 232 valence electrons. The number of hydrogen-bond acceptors (Lipinski definition) is 3. The highest BCUT2D eigenvalue weighted by Crippen LogP contribution is 2.54. The van der Waals surface area contributed by atoms with Crippen molar-refractivity contribution in [3.63, 3.8) is 0 Å².